The molecule has 0 saturated carbocycles. The number of aromatic nitrogens is 2. The third kappa shape index (κ3) is 4.71. The van der Waals surface area contributed by atoms with Crippen molar-refractivity contribution in [1.29, 1.82) is 0 Å². The second kappa shape index (κ2) is 9.14. The first kappa shape index (κ1) is 23.2. The SMILES string of the molecule is CCC(=O)Nc1cc(-c2cccc(NC(=O)c3ccc(C(C)(C)C)cc3)c2C)cn2ccnc12. The lowest BCUT2D eigenvalue weighted by molar-refractivity contribution is -0.115. The molecular weight excluding hydrogens is 424 g/mol. The molecule has 0 spiro atoms. The maximum atomic E-state index is 13.0. The molecule has 0 fully saturated rings. The molecule has 0 aliphatic heterocycles. The van der Waals surface area contributed by atoms with Crippen LogP contribution in [0.1, 0.15) is 55.6 Å². The second-order valence-corrected chi connectivity index (χ2v) is 9.46. The van der Waals surface area contributed by atoms with Gasteiger partial charge in [0.2, 0.25) is 5.91 Å². The topological polar surface area (TPSA) is 75.5 Å². The fourth-order valence-corrected chi connectivity index (χ4v) is 3.91. The van der Waals surface area contributed by atoms with E-state index in [9.17, 15) is 9.59 Å². The Labute approximate surface area is 200 Å². The zero-order valence-corrected chi connectivity index (χ0v) is 20.3. The van der Waals surface area contributed by atoms with Crippen molar-refractivity contribution in [3.63, 3.8) is 0 Å². The largest absolute Gasteiger partial charge is 0.323 e. The summed E-state index contributed by atoms with van der Waals surface area (Å²) < 4.78 is 1.89. The number of carbonyl (C=O) groups excluding carboxylic acids is 2. The molecule has 2 heterocycles. The third-order valence-electron chi connectivity index (χ3n) is 5.99. The predicted molar refractivity (Wildman–Crippen MR) is 137 cm³/mol. The van der Waals surface area contributed by atoms with Gasteiger partial charge in [-0.2, -0.15) is 0 Å². The molecule has 174 valence electrons. The maximum Gasteiger partial charge on any atom is 0.255 e. The van der Waals surface area contributed by atoms with Gasteiger partial charge in [0.05, 0.1) is 5.69 Å². The van der Waals surface area contributed by atoms with Crippen LogP contribution >= 0.6 is 0 Å². The Bertz CT molecular complexity index is 1360. The van der Waals surface area contributed by atoms with Crippen LogP contribution in [-0.4, -0.2) is 21.2 Å². The van der Waals surface area contributed by atoms with Crippen LogP contribution in [0.5, 0.6) is 0 Å². The van der Waals surface area contributed by atoms with Crippen LogP contribution in [-0.2, 0) is 10.2 Å². The van der Waals surface area contributed by atoms with Gasteiger partial charge in [0, 0.05) is 41.8 Å². The maximum absolute atomic E-state index is 13.0. The minimum atomic E-state index is -0.151. The van der Waals surface area contributed by atoms with E-state index in [1.165, 1.54) is 5.56 Å². The van der Waals surface area contributed by atoms with Crippen LogP contribution in [0.4, 0.5) is 11.4 Å². The summed E-state index contributed by atoms with van der Waals surface area (Å²) in [6.07, 6.45) is 5.91. The van der Waals surface area contributed by atoms with Crippen molar-refractivity contribution >= 4 is 28.8 Å². The molecule has 6 heteroatoms. The summed E-state index contributed by atoms with van der Waals surface area (Å²) >= 11 is 0. The third-order valence-corrected chi connectivity index (χ3v) is 5.99. The van der Waals surface area contributed by atoms with Crippen molar-refractivity contribution in [3.05, 3.63) is 83.8 Å². The van der Waals surface area contributed by atoms with Gasteiger partial charge in [0.25, 0.3) is 5.91 Å². The second-order valence-electron chi connectivity index (χ2n) is 9.46. The molecule has 0 radical (unpaired) electrons. The Morgan fingerprint density at radius 2 is 1.74 bits per heavy atom. The molecule has 4 aromatic rings. The van der Waals surface area contributed by atoms with Crippen molar-refractivity contribution in [1.82, 2.24) is 9.38 Å². The van der Waals surface area contributed by atoms with Crippen molar-refractivity contribution in [3.8, 4) is 11.1 Å². The summed E-state index contributed by atoms with van der Waals surface area (Å²) in [6, 6.07) is 15.5. The van der Waals surface area contributed by atoms with Crippen LogP contribution < -0.4 is 10.6 Å². The quantitative estimate of drug-likeness (QED) is 0.376. The van der Waals surface area contributed by atoms with Gasteiger partial charge < -0.3 is 15.0 Å². The van der Waals surface area contributed by atoms with Gasteiger partial charge >= 0.3 is 0 Å². The summed E-state index contributed by atoms with van der Waals surface area (Å²) in [6.45, 7) is 10.2. The van der Waals surface area contributed by atoms with E-state index < -0.39 is 0 Å². The number of imidazole rings is 1. The van der Waals surface area contributed by atoms with E-state index >= 15 is 0 Å². The number of pyridine rings is 1. The Kier molecular flexibility index (Phi) is 6.24. The molecule has 2 aromatic heterocycles. The number of rotatable bonds is 5. The average molecular weight is 455 g/mol. The molecule has 0 aliphatic rings. The number of anilines is 2. The van der Waals surface area contributed by atoms with E-state index in [2.05, 4.69) is 36.4 Å². The van der Waals surface area contributed by atoms with Gasteiger partial charge in [-0.3, -0.25) is 9.59 Å². The molecular formula is C28H30N4O2. The van der Waals surface area contributed by atoms with E-state index in [1.807, 2.05) is 79.2 Å². The van der Waals surface area contributed by atoms with E-state index in [4.69, 9.17) is 0 Å². The first-order valence-corrected chi connectivity index (χ1v) is 11.5. The summed E-state index contributed by atoms with van der Waals surface area (Å²) in [5.41, 5.74) is 6.73. The standard InChI is InChI=1S/C28H30N4O2/c1-6-25(33)30-24-16-20(17-32-15-14-29-26(24)32)22-8-7-9-23(18(22)2)31-27(34)19-10-12-21(13-11-19)28(3,4)5/h7-17H,6H2,1-5H3,(H,30,33)(H,31,34). The predicted octanol–water partition coefficient (Wildman–Crippen LogP) is 6.21. The molecule has 4 rings (SSSR count). The lowest BCUT2D eigenvalue weighted by Crippen LogP contribution is -2.15. The lowest BCUT2D eigenvalue weighted by Gasteiger charge is -2.19. The highest BCUT2D eigenvalue weighted by molar-refractivity contribution is 6.05. The van der Waals surface area contributed by atoms with Gasteiger partial charge in [-0.15, -0.1) is 0 Å². The van der Waals surface area contributed by atoms with Crippen molar-refractivity contribution < 1.29 is 9.59 Å². The molecule has 0 unspecified atom stereocenters. The number of benzene rings is 2. The van der Waals surface area contributed by atoms with Crippen LogP contribution in [0.3, 0.4) is 0 Å². The molecule has 0 atom stereocenters. The highest BCUT2D eigenvalue weighted by Gasteiger charge is 2.16. The smallest absolute Gasteiger partial charge is 0.255 e. The molecule has 2 aromatic carbocycles. The molecule has 0 saturated heterocycles. The van der Waals surface area contributed by atoms with Crippen LogP contribution in [0, 0.1) is 6.92 Å². The number of carbonyl (C=O) groups is 2. The minimum absolute atomic E-state index is 0.0335. The average Bonchev–Trinajstić information content (AvgIpc) is 3.29. The van der Waals surface area contributed by atoms with Gasteiger partial charge in [-0.1, -0.05) is 52.0 Å². The molecule has 6 nitrogen and oxygen atoms in total. The molecule has 34 heavy (non-hydrogen) atoms. The number of amides is 2. The number of fused-ring (bicyclic) bond motifs is 1. The lowest BCUT2D eigenvalue weighted by atomic mass is 9.86. The van der Waals surface area contributed by atoms with Crippen LogP contribution in [0.15, 0.2) is 67.1 Å². The molecule has 0 aliphatic carbocycles. The summed E-state index contributed by atoms with van der Waals surface area (Å²) in [5, 5.41) is 6.00. The zero-order valence-electron chi connectivity index (χ0n) is 20.3. The molecule has 2 amide bonds. The van der Waals surface area contributed by atoms with Crippen molar-refractivity contribution in [2.45, 2.75) is 46.5 Å². The molecule has 0 bridgehead atoms. The zero-order chi connectivity index (χ0) is 24.5. The van der Waals surface area contributed by atoms with Crippen LogP contribution in [0.25, 0.3) is 16.8 Å². The number of hydrogen-bond donors (Lipinski definition) is 2. The highest BCUT2D eigenvalue weighted by Crippen LogP contribution is 2.32. The Balaban J connectivity index is 1.65. The van der Waals surface area contributed by atoms with E-state index in [0.29, 0.717) is 23.3 Å². The Morgan fingerprint density at radius 1 is 1.00 bits per heavy atom. The van der Waals surface area contributed by atoms with Gasteiger partial charge in [-0.25, -0.2) is 4.98 Å². The van der Waals surface area contributed by atoms with E-state index in [1.54, 1.807) is 6.20 Å². The van der Waals surface area contributed by atoms with Crippen molar-refractivity contribution in [2.75, 3.05) is 10.6 Å². The highest BCUT2D eigenvalue weighted by atomic mass is 16.2. The van der Waals surface area contributed by atoms with Gasteiger partial charge in [0.1, 0.15) is 0 Å². The van der Waals surface area contributed by atoms with Crippen LogP contribution in [0.2, 0.25) is 0 Å². The monoisotopic (exact) mass is 454 g/mol. The fourth-order valence-electron chi connectivity index (χ4n) is 3.91. The first-order chi connectivity index (χ1) is 16.2. The summed E-state index contributed by atoms with van der Waals surface area (Å²) in [4.78, 5) is 29.4. The van der Waals surface area contributed by atoms with E-state index in [-0.39, 0.29) is 17.2 Å². The Morgan fingerprint density at radius 3 is 2.41 bits per heavy atom. The number of hydrogen-bond acceptors (Lipinski definition) is 3. The Hall–Kier alpha value is -3.93. The number of nitrogens with one attached hydrogen (secondary N) is 2. The van der Waals surface area contributed by atoms with Gasteiger partial charge in [0.15, 0.2) is 5.65 Å². The summed E-state index contributed by atoms with van der Waals surface area (Å²) in [7, 11) is 0. The number of nitrogens with zero attached hydrogens (tertiary/aromatic N) is 2. The van der Waals surface area contributed by atoms with E-state index in [0.717, 1.165) is 22.4 Å². The normalized spacial score (nSPS) is 11.4. The molecule has 2 N–H and O–H groups in total. The first-order valence-electron chi connectivity index (χ1n) is 11.5. The van der Waals surface area contributed by atoms with Gasteiger partial charge in [-0.05, 0) is 53.3 Å². The van der Waals surface area contributed by atoms with Crippen molar-refractivity contribution in [2.24, 2.45) is 0 Å². The summed E-state index contributed by atoms with van der Waals surface area (Å²) in [5.74, 6) is -0.223. The fraction of sp³-hybridized carbons (Fsp3) is 0.250. The minimum Gasteiger partial charge on any atom is -0.323 e.